The first kappa shape index (κ1) is 15.8. The Bertz CT molecular complexity index is 400. The minimum Gasteiger partial charge on any atom is -0.345 e. The molecule has 1 rings (SSSR count). The summed E-state index contributed by atoms with van der Waals surface area (Å²) in [5, 5.41) is 3.44. The van der Waals surface area contributed by atoms with Crippen LogP contribution in [-0.2, 0) is 17.9 Å². The number of carbonyl (C=O) groups excluding carboxylic acids is 1. The summed E-state index contributed by atoms with van der Waals surface area (Å²) in [5.74, 6) is 0.177. The standard InChI is InChI=1S/C15H27N3O/c1-6-18(7-2)14(19)12-17-9-8-13(11-17)10-16-15(3,4)5/h8-9,11,16H,6-7,10,12H2,1-5H3. The molecule has 1 amide bonds. The van der Waals surface area contributed by atoms with Crippen LogP contribution in [0, 0.1) is 0 Å². The van der Waals surface area contributed by atoms with Crippen LogP contribution in [0.25, 0.3) is 0 Å². The van der Waals surface area contributed by atoms with E-state index >= 15 is 0 Å². The minimum absolute atomic E-state index is 0.110. The van der Waals surface area contributed by atoms with Gasteiger partial charge in [-0.25, -0.2) is 0 Å². The van der Waals surface area contributed by atoms with Crippen molar-refractivity contribution in [3.05, 3.63) is 24.0 Å². The number of likely N-dealkylation sites (N-methyl/N-ethyl adjacent to an activating group) is 1. The maximum atomic E-state index is 12.0. The first-order valence-electron chi connectivity index (χ1n) is 7.03. The zero-order valence-corrected chi connectivity index (χ0v) is 12.9. The van der Waals surface area contributed by atoms with E-state index in [1.54, 1.807) is 0 Å². The van der Waals surface area contributed by atoms with Crippen molar-refractivity contribution in [2.45, 2.75) is 53.2 Å². The fourth-order valence-corrected chi connectivity index (χ4v) is 1.89. The van der Waals surface area contributed by atoms with Crippen molar-refractivity contribution >= 4 is 5.91 Å². The first-order chi connectivity index (χ1) is 8.85. The maximum Gasteiger partial charge on any atom is 0.242 e. The molecule has 1 N–H and O–H groups in total. The zero-order valence-electron chi connectivity index (χ0n) is 12.9. The number of aromatic nitrogens is 1. The number of hydrogen-bond donors (Lipinski definition) is 1. The van der Waals surface area contributed by atoms with Crippen molar-refractivity contribution in [1.29, 1.82) is 0 Å². The third-order valence-electron chi connectivity index (χ3n) is 3.07. The Hall–Kier alpha value is -1.29. The molecule has 0 radical (unpaired) electrons. The Morgan fingerprint density at radius 3 is 2.47 bits per heavy atom. The second kappa shape index (κ2) is 6.75. The summed E-state index contributed by atoms with van der Waals surface area (Å²) < 4.78 is 1.96. The highest BCUT2D eigenvalue weighted by atomic mass is 16.2. The summed E-state index contributed by atoms with van der Waals surface area (Å²) in [4.78, 5) is 13.8. The summed E-state index contributed by atoms with van der Waals surface area (Å²) in [6, 6.07) is 2.06. The smallest absolute Gasteiger partial charge is 0.242 e. The molecule has 1 heterocycles. The van der Waals surface area contributed by atoms with Gasteiger partial charge in [0.25, 0.3) is 0 Å². The molecule has 0 saturated carbocycles. The summed E-state index contributed by atoms with van der Waals surface area (Å²) in [6.45, 7) is 13.3. The molecule has 0 spiro atoms. The molecular formula is C15H27N3O. The van der Waals surface area contributed by atoms with Gasteiger partial charge in [-0.3, -0.25) is 4.79 Å². The van der Waals surface area contributed by atoms with Crippen molar-refractivity contribution < 1.29 is 4.79 Å². The number of nitrogens with zero attached hydrogens (tertiary/aromatic N) is 2. The first-order valence-corrected chi connectivity index (χ1v) is 7.03. The van der Waals surface area contributed by atoms with E-state index in [-0.39, 0.29) is 11.4 Å². The normalized spacial score (nSPS) is 11.6. The predicted octanol–water partition coefficient (Wildman–Crippen LogP) is 2.24. The van der Waals surface area contributed by atoms with Gasteiger partial charge in [-0.15, -0.1) is 0 Å². The molecule has 0 aliphatic rings. The second-order valence-corrected chi connectivity index (χ2v) is 5.86. The molecule has 0 unspecified atom stereocenters. The van der Waals surface area contributed by atoms with Gasteiger partial charge in [-0.1, -0.05) is 0 Å². The van der Waals surface area contributed by atoms with E-state index in [2.05, 4.69) is 32.2 Å². The summed E-state index contributed by atoms with van der Waals surface area (Å²) in [5.41, 5.74) is 1.32. The van der Waals surface area contributed by atoms with Gasteiger partial charge in [0.1, 0.15) is 6.54 Å². The van der Waals surface area contributed by atoms with Crippen molar-refractivity contribution in [3.63, 3.8) is 0 Å². The Labute approximate surface area is 116 Å². The van der Waals surface area contributed by atoms with Crippen LogP contribution in [0.4, 0.5) is 0 Å². The average molecular weight is 265 g/mol. The molecule has 0 fully saturated rings. The molecule has 1 aromatic heterocycles. The minimum atomic E-state index is 0.110. The van der Waals surface area contributed by atoms with Gasteiger partial charge in [0.15, 0.2) is 0 Å². The van der Waals surface area contributed by atoms with E-state index in [1.807, 2.05) is 35.7 Å². The Morgan fingerprint density at radius 2 is 1.95 bits per heavy atom. The highest BCUT2D eigenvalue weighted by molar-refractivity contribution is 5.75. The monoisotopic (exact) mass is 265 g/mol. The van der Waals surface area contributed by atoms with E-state index in [4.69, 9.17) is 0 Å². The van der Waals surface area contributed by atoms with Gasteiger partial charge in [0.2, 0.25) is 5.91 Å². The maximum absolute atomic E-state index is 12.0. The van der Waals surface area contributed by atoms with Gasteiger partial charge in [0.05, 0.1) is 0 Å². The van der Waals surface area contributed by atoms with E-state index in [0.717, 1.165) is 19.6 Å². The van der Waals surface area contributed by atoms with E-state index < -0.39 is 0 Å². The number of nitrogens with one attached hydrogen (secondary N) is 1. The molecule has 0 aliphatic heterocycles. The van der Waals surface area contributed by atoms with Gasteiger partial charge >= 0.3 is 0 Å². The lowest BCUT2D eigenvalue weighted by Gasteiger charge is -2.20. The van der Waals surface area contributed by atoms with E-state index in [1.165, 1.54) is 5.56 Å². The average Bonchev–Trinajstić information content (AvgIpc) is 2.75. The molecule has 0 bridgehead atoms. The van der Waals surface area contributed by atoms with Crippen LogP contribution >= 0.6 is 0 Å². The van der Waals surface area contributed by atoms with Crippen LogP contribution < -0.4 is 5.32 Å². The molecule has 108 valence electrons. The predicted molar refractivity (Wildman–Crippen MR) is 79.0 cm³/mol. The highest BCUT2D eigenvalue weighted by Gasteiger charge is 2.11. The van der Waals surface area contributed by atoms with Gasteiger partial charge < -0.3 is 14.8 Å². The second-order valence-electron chi connectivity index (χ2n) is 5.86. The molecule has 19 heavy (non-hydrogen) atoms. The molecule has 0 aromatic carbocycles. The zero-order chi connectivity index (χ0) is 14.5. The van der Waals surface area contributed by atoms with Crippen LogP contribution in [0.5, 0.6) is 0 Å². The summed E-state index contributed by atoms with van der Waals surface area (Å²) in [6.07, 6.45) is 4.02. The Kier molecular flexibility index (Phi) is 5.60. The van der Waals surface area contributed by atoms with Crippen LogP contribution in [0.15, 0.2) is 18.5 Å². The highest BCUT2D eigenvalue weighted by Crippen LogP contribution is 2.06. The molecule has 0 aliphatic carbocycles. The molecule has 4 heteroatoms. The third-order valence-corrected chi connectivity index (χ3v) is 3.07. The van der Waals surface area contributed by atoms with Crippen LogP contribution in [0.2, 0.25) is 0 Å². The molecule has 1 aromatic rings. The number of amides is 1. The molecular weight excluding hydrogens is 238 g/mol. The van der Waals surface area contributed by atoms with Crippen molar-refractivity contribution in [3.8, 4) is 0 Å². The van der Waals surface area contributed by atoms with Crippen LogP contribution in [0.3, 0.4) is 0 Å². The number of rotatable bonds is 6. The van der Waals surface area contributed by atoms with Crippen molar-refractivity contribution in [2.75, 3.05) is 13.1 Å². The van der Waals surface area contributed by atoms with Gasteiger partial charge in [-0.2, -0.15) is 0 Å². The fourth-order valence-electron chi connectivity index (χ4n) is 1.89. The van der Waals surface area contributed by atoms with Crippen LogP contribution in [-0.4, -0.2) is 34.0 Å². The third kappa shape index (κ3) is 5.47. The van der Waals surface area contributed by atoms with Gasteiger partial charge in [0, 0.05) is 37.6 Å². The topological polar surface area (TPSA) is 37.3 Å². The molecule has 4 nitrogen and oxygen atoms in total. The molecule has 0 saturated heterocycles. The van der Waals surface area contributed by atoms with Crippen molar-refractivity contribution in [2.24, 2.45) is 0 Å². The largest absolute Gasteiger partial charge is 0.345 e. The SMILES string of the molecule is CCN(CC)C(=O)Cn1ccc(CNC(C)(C)C)c1. The lowest BCUT2D eigenvalue weighted by molar-refractivity contribution is -0.131. The Balaban J connectivity index is 2.53. The van der Waals surface area contributed by atoms with Gasteiger partial charge in [-0.05, 0) is 46.2 Å². The van der Waals surface area contributed by atoms with E-state index in [9.17, 15) is 4.79 Å². The lowest BCUT2D eigenvalue weighted by atomic mass is 10.1. The number of hydrogen-bond acceptors (Lipinski definition) is 2. The lowest BCUT2D eigenvalue weighted by Crippen LogP contribution is -2.35. The summed E-state index contributed by atoms with van der Waals surface area (Å²) >= 11 is 0. The van der Waals surface area contributed by atoms with Crippen LogP contribution in [0.1, 0.15) is 40.2 Å². The van der Waals surface area contributed by atoms with E-state index in [0.29, 0.717) is 6.54 Å². The van der Waals surface area contributed by atoms with Crippen molar-refractivity contribution in [1.82, 2.24) is 14.8 Å². The quantitative estimate of drug-likeness (QED) is 0.856. The fraction of sp³-hybridized carbons (Fsp3) is 0.667. The molecule has 0 atom stereocenters. The Morgan fingerprint density at radius 1 is 1.32 bits per heavy atom. The summed E-state index contributed by atoms with van der Waals surface area (Å²) in [7, 11) is 0. The number of carbonyl (C=O) groups is 1.